The second-order valence-electron chi connectivity index (χ2n) is 4.58. The molecule has 3 N–H and O–H groups in total. The molecule has 0 unspecified atom stereocenters. The van der Waals surface area contributed by atoms with Crippen molar-refractivity contribution in [3.05, 3.63) is 35.8 Å². The fourth-order valence-electron chi connectivity index (χ4n) is 1.88. The van der Waals surface area contributed by atoms with Gasteiger partial charge in [-0.1, -0.05) is 0 Å². The average molecular weight is 289 g/mol. The van der Waals surface area contributed by atoms with E-state index in [1.54, 1.807) is 17.7 Å². The Morgan fingerprint density at radius 1 is 1.48 bits per heavy atom. The van der Waals surface area contributed by atoms with Gasteiger partial charge in [-0.25, -0.2) is 9.78 Å². The van der Waals surface area contributed by atoms with Crippen LogP contribution in [-0.2, 0) is 18.2 Å². The Morgan fingerprint density at radius 3 is 2.95 bits per heavy atom. The smallest absolute Gasteiger partial charge is 0.340 e. The van der Waals surface area contributed by atoms with Gasteiger partial charge in [0.2, 0.25) is 0 Å². The number of nitrogens with two attached hydrogens (primary N) is 1. The minimum atomic E-state index is -0.437. The Morgan fingerprint density at radius 2 is 2.29 bits per heavy atom. The second kappa shape index (κ2) is 6.74. The summed E-state index contributed by atoms with van der Waals surface area (Å²) in [5.41, 5.74) is 7.51. The van der Waals surface area contributed by atoms with Crippen molar-refractivity contribution in [1.29, 1.82) is 0 Å². The number of ether oxygens (including phenoxy) is 1. The molecule has 2 heterocycles. The van der Waals surface area contributed by atoms with Gasteiger partial charge in [-0.05, 0) is 25.0 Å². The molecule has 2 rings (SSSR count). The molecule has 0 bridgehead atoms. The molecule has 0 atom stereocenters. The molecule has 0 amide bonds. The lowest BCUT2D eigenvalue weighted by Gasteiger charge is -2.09. The standard InChI is InChI=1S/C14H19N5O2/c1-3-21-14(20)11-6-13(17-8-12(11)15)16-5-4-10-7-18-19(2)9-10/h6-9H,3-5,15H2,1-2H3,(H,16,17). The first-order valence-corrected chi connectivity index (χ1v) is 6.74. The average Bonchev–Trinajstić information content (AvgIpc) is 2.86. The monoisotopic (exact) mass is 289 g/mol. The van der Waals surface area contributed by atoms with Crippen molar-refractivity contribution < 1.29 is 9.53 Å². The second-order valence-corrected chi connectivity index (χ2v) is 4.58. The van der Waals surface area contributed by atoms with Crippen LogP contribution >= 0.6 is 0 Å². The maximum absolute atomic E-state index is 11.7. The summed E-state index contributed by atoms with van der Waals surface area (Å²) in [4.78, 5) is 15.9. The van der Waals surface area contributed by atoms with Gasteiger partial charge in [0.1, 0.15) is 5.82 Å². The Hall–Kier alpha value is -2.57. The molecule has 7 heteroatoms. The lowest BCUT2D eigenvalue weighted by molar-refractivity contribution is 0.0527. The maximum atomic E-state index is 11.7. The molecule has 7 nitrogen and oxygen atoms in total. The zero-order chi connectivity index (χ0) is 15.2. The first-order valence-electron chi connectivity index (χ1n) is 6.74. The summed E-state index contributed by atoms with van der Waals surface area (Å²) in [7, 11) is 1.88. The van der Waals surface area contributed by atoms with Gasteiger partial charge >= 0.3 is 5.97 Å². The van der Waals surface area contributed by atoms with Gasteiger partial charge in [-0.3, -0.25) is 4.68 Å². The third-order valence-corrected chi connectivity index (χ3v) is 2.91. The van der Waals surface area contributed by atoms with Crippen LogP contribution in [0, 0.1) is 0 Å². The summed E-state index contributed by atoms with van der Waals surface area (Å²) in [6.45, 7) is 2.75. The maximum Gasteiger partial charge on any atom is 0.340 e. The van der Waals surface area contributed by atoms with Crippen LogP contribution in [-0.4, -0.2) is 33.9 Å². The van der Waals surface area contributed by atoms with E-state index in [-0.39, 0.29) is 0 Å². The van der Waals surface area contributed by atoms with Crippen LogP contribution < -0.4 is 11.1 Å². The Kier molecular flexibility index (Phi) is 4.76. The third kappa shape index (κ3) is 3.95. The van der Waals surface area contributed by atoms with E-state index in [1.165, 1.54) is 6.20 Å². The van der Waals surface area contributed by atoms with Gasteiger partial charge in [0, 0.05) is 19.8 Å². The summed E-state index contributed by atoms with van der Waals surface area (Å²) >= 11 is 0. The number of rotatable bonds is 6. The quantitative estimate of drug-likeness (QED) is 0.777. The van der Waals surface area contributed by atoms with Gasteiger partial charge in [0.25, 0.3) is 0 Å². The van der Waals surface area contributed by atoms with Crippen molar-refractivity contribution in [3.63, 3.8) is 0 Å². The zero-order valence-corrected chi connectivity index (χ0v) is 12.2. The molecule has 2 aromatic rings. The number of nitrogen functional groups attached to an aromatic ring is 1. The summed E-state index contributed by atoms with van der Waals surface area (Å²) < 4.78 is 6.71. The van der Waals surface area contributed by atoms with Crippen molar-refractivity contribution in [2.45, 2.75) is 13.3 Å². The zero-order valence-electron chi connectivity index (χ0n) is 12.2. The van der Waals surface area contributed by atoms with Crippen LogP contribution in [0.2, 0.25) is 0 Å². The fourth-order valence-corrected chi connectivity index (χ4v) is 1.88. The number of carbonyl (C=O) groups is 1. The van der Waals surface area contributed by atoms with Gasteiger partial charge in [-0.2, -0.15) is 5.10 Å². The number of hydrogen-bond donors (Lipinski definition) is 2. The van der Waals surface area contributed by atoms with Gasteiger partial charge in [0.15, 0.2) is 0 Å². The minimum Gasteiger partial charge on any atom is -0.462 e. The van der Waals surface area contributed by atoms with Crippen LogP contribution in [0.1, 0.15) is 22.8 Å². The molecule has 0 saturated heterocycles. The molecule has 112 valence electrons. The SMILES string of the molecule is CCOC(=O)c1cc(NCCc2cnn(C)c2)ncc1N. The van der Waals surface area contributed by atoms with E-state index >= 15 is 0 Å². The number of nitrogens with zero attached hydrogens (tertiary/aromatic N) is 3. The van der Waals surface area contributed by atoms with E-state index < -0.39 is 5.97 Å². The number of esters is 1. The Labute approximate surface area is 123 Å². The van der Waals surface area contributed by atoms with E-state index in [9.17, 15) is 4.79 Å². The topological polar surface area (TPSA) is 95.1 Å². The highest BCUT2D eigenvalue weighted by atomic mass is 16.5. The number of hydrogen-bond acceptors (Lipinski definition) is 6. The van der Waals surface area contributed by atoms with Crippen molar-refractivity contribution in [1.82, 2.24) is 14.8 Å². The minimum absolute atomic E-state index is 0.310. The third-order valence-electron chi connectivity index (χ3n) is 2.91. The van der Waals surface area contributed by atoms with Crippen molar-refractivity contribution in [3.8, 4) is 0 Å². The first-order chi connectivity index (χ1) is 10.1. The number of aryl methyl sites for hydroxylation is 1. The summed E-state index contributed by atoms with van der Waals surface area (Å²) in [5.74, 6) is 0.156. The molecule has 0 aromatic carbocycles. The van der Waals surface area contributed by atoms with E-state index in [0.29, 0.717) is 30.2 Å². The van der Waals surface area contributed by atoms with Crippen molar-refractivity contribution in [2.24, 2.45) is 7.05 Å². The molecule has 0 spiro atoms. The van der Waals surface area contributed by atoms with E-state index in [4.69, 9.17) is 10.5 Å². The predicted octanol–water partition coefficient (Wildman–Crippen LogP) is 1.23. The molecule has 0 aliphatic carbocycles. The number of anilines is 2. The summed E-state index contributed by atoms with van der Waals surface area (Å²) in [6, 6.07) is 1.61. The van der Waals surface area contributed by atoms with Gasteiger partial charge in [-0.15, -0.1) is 0 Å². The van der Waals surface area contributed by atoms with E-state index in [2.05, 4.69) is 15.4 Å². The number of pyridine rings is 1. The summed E-state index contributed by atoms with van der Waals surface area (Å²) in [6.07, 6.45) is 6.05. The largest absolute Gasteiger partial charge is 0.462 e. The molecular weight excluding hydrogens is 270 g/mol. The van der Waals surface area contributed by atoms with Crippen LogP contribution in [0.5, 0.6) is 0 Å². The van der Waals surface area contributed by atoms with Gasteiger partial charge < -0.3 is 15.8 Å². The summed E-state index contributed by atoms with van der Waals surface area (Å²) in [5, 5.41) is 7.26. The molecule has 0 radical (unpaired) electrons. The molecule has 0 aliphatic rings. The first kappa shape index (κ1) is 14.8. The lowest BCUT2D eigenvalue weighted by atomic mass is 10.2. The van der Waals surface area contributed by atoms with Crippen LogP contribution in [0.25, 0.3) is 0 Å². The number of carbonyl (C=O) groups excluding carboxylic acids is 1. The molecule has 0 aliphatic heterocycles. The Balaban J connectivity index is 1.97. The number of nitrogens with one attached hydrogen (secondary N) is 1. The molecule has 0 fully saturated rings. The van der Waals surface area contributed by atoms with Crippen LogP contribution in [0.3, 0.4) is 0 Å². The predicted molar refractivity (Wildman–Crippen MR) is 80.0 cm³/mol. The highest BCUT2D eigenvalue weighted by Crippen LogP contribution is 2.16. The molecular formula is C14H19N5O2. The highest BCUT2D eigenvalue weighted by Gasteiger charge is 2.12. The normalized spacial score (nSPS) is 10.4. The van der Waals surface area contributed by atoms with Gasteiger partial charge in [0.05, 0.1) is 30.3 Å². The number of aromatic nitrogens is 3. The van der Waals surface area contributed by atoms with Crippen LogP contribution in [0.15, 0.2) is 24.7 Å². The molecule has 21 heavy (non-hydrogen) atoms. The molecule has 2 aromatic heterocycles. The van der Waals surface area contributed by atoms with Crippen molar-refractivity contribution in [2.75, 3.05) is 24.2 Å². The molecule has 0 saturated carbocycles. The van der Waals surface area contributed by atoms with Crippen molar-refractivity contribution >= 4 is 17.5 Å². The lowest BCUT2D eigenvalue weighted by Crippen LogP contribution is -2.11. The van der Waals surface area contributed by atoms with E-state index in [0.717, 1.165) is 12.0 Å². The Bertz CT molecular complexity index is 624. The van der Waals surface area contributed by atoms with E-state index in [1.807, 2.05) is 19.4 Å². The fraction of sp³-hybridized carbons (Fsp3) is 0.357. The van der Waals surface area contributed by atoms with Crippen LogP contribution in [0.4, 0.5) is 11.5 Å². The highest BCUT2D eigenvalue weighted by molar-refractivity contribution is 5.95.